The summed E-state index contributed by atoms with van der Waals surface area (Å²) in [6, 6.07) is 6.37. The number of likely N-dealkylation sites (tertiary alicyclic amines) is 1. The minimum absolute atomic E-state index is 0. The molecule has 11 heteroatoms. The normalized spacial score (nSPS) is 21.6. The number of amides is 1. The summed E-state index contributed by atoms with van der Waals surface area (Å²) in [6.45, 7) is 1.74. The summed E-state index contributed by atoms with van der Waals surface area (Å²) in [5.41, 5.74) is 6.98. The predicted molar refractivity (Wildman–Crippen MR) is 145 cm³/mol. The Kier molecular flexibility index (Phi) is 13.3. The van der Waals surface area contributed by atoms with Gasteiger partial charge in [-0.1, -0.05) is 18.4 Å². The van der Waals surface area contributed by atoms with Crippen LogP contribution in [0.15, 0.2) is 24.3 Å². The first-order valence-corrected chi connectivity index (χ1v) is 13.1. The van der Waals surface area contributed by atoms with Crippen LogP contribution in [-0.4, -0.2) is 74.5 Å². The molecule has 1 saturated heterocycles. The third-order valence-corrected chi connectivity index (χ3v) is 7.22. The van der Waals surface area contributed by atoms with Crippen molar-refractivity contribution in [3.63, 3.8) is 0 Å². The number of rotatable bonds is 5. The number of nitrogens with two attached hydrogens (primary N) is 1. The Morgan fingerprint density at radius 2 is 1.95 bits per heavy atom. The Morgan fingerprint density at radius 3 is 2.54 bits per heavy atom. The number of nitrogens with zero attached hydrogens (tertiary/aromatic N) is 3. The number of hydrogen-bond acceptors (Lipinski definition) is 5. The van der Waals surface area contributed by atoms with Gasteiger partial charge in [0.1, 0.15) is 6.54 Å². The van der Waals surface area contributed by atoms with Gasteiger partial charge in [-0.15, -0.1) is 7.05 Å². The van der Waals surface area contributed by atoms with Crippen LogP contribution in [-0.2, 0) is 37.1 Å². The van der Waals surface area contributed by atoms with E-state index in [0.29, 0.717) is 23.0 Å². The van der Waals surface area contributed by atoms with E-state index >= 15 is 0 Å². The molecule has 1 amide bonds. The van der Waals surface area contributed by atoms with Gasteiger partial charge in [-0.05, 0) is 76.4 Å². The van der Waals surface area contributed by atoms with Crippen LogP contribution < -0.4 is 11.1 Å². The monoisotopic (exact) mass is 718 g/mol. The zero-order valence-electron chi connectivity index (χ0n) is 22.9. The van der Waals surface area contributed by atoms with Gasteiger partial charge in [0, 0.05) is 51.2 Å². The first-order chi connectivity index (χ1) is 18.1. The fraction of sp³-hybridized carbons (Fsp3) is 0.607. The van der Waals surface area contributed by atoms with Gasteiger partial charge in [-0.2, -0.15) is 13.2 Å². The maximum absolute atomic E-state index is 13.1. The van der Waals surface area contributed by atoms with Crippen molar-refractivity contribution < 1.29 is 43.8 Å². The minimum Gasteiger partial charge on any atom is -0.656 e. The maximum atomic E-state index is 13.1. The van der Waals surface area contributed by atoms with Crippen molar-refractivity contribution in [3.05, 3.63) is 35.3 Å². The molecule has 2 aromatic rings. The van der Waals surface area contributed by atoms with Crippen LogP contribution in [0.2, 0.25) is 0 Å². The smallest absolute Gasteiger partial charge is 0.406 e. The zero-order chi connectivity index (χ0) is 27.7. The summed E-state index contributed by atoms with van der Waals surface area (Å²) in [5.74, 6) is 5.47. The Hall–Kier alpha value is -2.05. The van der Waals surface area contributed by atoms with Crippen molar-refractivity contribution in [1.82, 2.24) is 14.8 Å². The summed E-state index contributed by atoms with van der Waals surface area (Å²) in [6.07, 6.45) is 1.87. The number of piperidine rings is 1. The molecular formula is C28H39F3N5O2W-. The van der Waals surface area contributed by atoms with Crippen LogP contribution in [0.3, 0.4) is 0 Å². The summed E-state index contributed by atoms with van der Waals surface area (Å²) in [4.78, 5) is 14.3. The number of fused-ring (bicyclic) bond motifs is 1. The molecule has 3 unspecified atom stereocenters. The van der Waals surface area contributed by atoms with E-state index in [1.54, 1.807) is 31.4 Å². The van der Waals surface area contributed by atoms with Gasteiger partial charge in [0.2, 0.25) is 0 Å². The fourth-order valence-electron chi connectivity index (χ4n) is 5.18. The van der Waals surface area contributed by atoms with Gasteiger partial charge >= 0.3 is 6.18 Å². The molecule has 1 aliphatic heterocycles. The number of nitrogens with one attached hydrogen (secondary N) is 1. The number of alkyl halides is 3. The van der Waals surface area contributed by atoms with E-state index in [-0.39, 0.29) is 57.3 Å². The van der Waals surface area contributed by atoms with Crippen LogP contribution >= 0.6 is 0 Å². The zero-order valence-corrected chi connectivity index (χ0v) is 25.8. The average Bonchev–Trinajstić information content (AvgIpc) is 3.23. The second kappa shape index (κ2) is 15.7. The number of anilines is 1. The molecule has 1 aromatic heterocycles. The molecule has 7 nitrogen and oxygen atoms in total. The number of hydrogen-bond donors (Lipinski definition) is 2. The van der Waals surface area contributed by atoms with Crippen molar-refractivity contribution in [1.29, 1.82) is 0 Å². The molecule has 0 spiro atoms. The SMILES string of the molecule is CN1CCCCC1.C[N-]C(=O)C1CCC(OC)C(NCC#Cc2cc3c(N)cccc3n2CC(F)(F)F)C1.[W]. The molecule has 216 valence electrons. The van der Waals surface area contributed by atoms with Crippen LogP contribution in [0.5, 0.6) is 0 Å². The quantitative estimate of drug-likeness (QED) is 0.351. The number of benzene rings is 1. The van der Waals surface area contributed by atoms with Crippen LogP contribution in [0.1, 0.15) is 44.2 Å². The molecule has 1 saturated carbocycles. The van der Waals surface area contributed by atoms with Crippen molar-refractivity contribution in [3.8, 4) is 11.8 Å². The maximum Gasteiger partial charge on any atom is 0.406 e. The fourth-order valence-corrected chi connectivity index (χ4v) is 5.18. The Bertz CT molecular complexity index is 1120. The third-order valence-electron chi connectivity index (χ3n) is 7.22. The Labute approximate surface area is 243 Å². The van der Waals surface area contributed by atoms with Gasteiger partial charge in [0.05, 0.1) is 29.8 Å². The van der Waals surface area contributed by atoms with Crippen LogP contribution in [0.25, 0.3) is 16.2 Å². The van der Waals surface area contributed by atoms with E-state index in [9.17, 15) is 18.0 Å². The molecule has 3 N–H and O–H groups in total. The Balaban J connectivity index is 0.000000579. The number of carbonyl (C=O) groups is 1. The molecule has 4 rings (SSSR count). The molecule has 1 aliphatic carbocycles. The van der Waals surface area contributed by atoms with E-state index in [1.807, 2.05) is 0 Å². The van der Waals surface area contributed by atoms with Crippen LogP contribution in [0, 0.1) is 17.8 Å². The van der Waals surface area contributed by atoms with Crippen molar-refractivity contribution >= 4 is 22.5 Å². The number of aromatic nitrogens is 1. The van der Waals surface area contributed by atoms with E-state index in [0.717, 1.165) is 17.4 Å². The first kappa shape index (κ1) is 33.2. The second-order valence-corrected chi connectivity index (χ2v) is 10.0. The summed E-state index contributed by atoms with van der Waals surface area (Å²) >= 11 is 0. The van der Waals surface area contributed by atoms with Gasteiger partial charge in [0.25, 0.3) is 0 Å². The number of methoxy groups -OCH3 is 1. The van der Waals surface area contributed by atoms with Gasteiger partial charge in [0.15, 0.2) is 0 Å². The molecule has 2 fully saturated rings. The minimum atomic E-state index is -4.38. The van der Waals surface area contributed by atoms with Crippen molar-refractivity contribution in [2.24, 2.45) is 5.92 Å². The molecule has 3 atom stereocenters. The van der Waals surface area contributed by atoms with Gasteiger partial charge in [-0.25, -0.2) is 0 Å². The van der Waals surface area contributed by atoms with Crippen molar-refractivity contribution in [2.45, 2.75) is 63.4 Å². The van der Waals surface area contributed by atoms with E-state index in [2.05, 4.69) is 34.4 Å². The summed E-state index contributed by atoms with van der Waals surface area (Å²) in [7, 11) is 5.31. The molecule has 0 radical (unpaired) electrons. The average molecular weight is 718 g/mol. The summed E-state index contributed by atoms with van der Waals surface area (Å²) in [5, 5.41) is 7.57. The number of ether oxygens (including phenoxy) is 1. The predicted octanol–water partition coefficient (Wildman–Crippen LogP) is 4.54. The van der Waals surface area contributed by atoms with Crippen molar-refractivity contribution in [2.75, 3.05) is 46.6 Å². The Morgan fingerprint density at radius 1 is 1.23 bits per heavy atom. The standard InChI is InChI=1S/C22H27F3N4O2.C6H13N.W/c1-27-21(30)14-8-9-20(31-2)18(11-14)28-10-4-5-15-12-16-17(26)6-3-7-19(16)29(15)13-22(23,24)25;1-7-5-3-2-4-6-7;/h3,6-7,12,14,18,20,28H,8-11,13,26H2,1-2H3,(H,27,30);2-6H2,1H3;/p-1. The number of carbonyl (C=O) groups excluding carboxylic acids is 1. The van der Waals surface area contributed by atoms with Gasteiger partial charge in [-0.3, -0.25) is 0 Å². The van der Waals surface area contributed by atoms with E-state index in [4.69, 9.17) is 10.5 Å². The topological polar surface area (TPSA) is 86.6 Å². The summed E-state index contributed by atoms with van der Waals surface area (Å²) < 4.78 is 46.0. The molecule has 2 aliphatic rings. The largest absolute Gasteiger partial charge is 0.656 e. The van der Waals surface area contributed by atoms with Crippen LogP contribution in [0.4, 0.5) is 18.9 Å². The van der Waals surface area contributed by atoms with E-state index < -0.39 is 12.7 Å². The molecular weight excluding hydrogens is 679 g/mol. The molecule has 2 heterocycles. The molecule has 1 aromatic carbocycles. The third kappa shape index (κ3) is 9.82. The van der Waals surface area contributed by atoms with E-state index in [1.165, 1.54) is 39.4 Å². The number of halogens is 3. The number of nitrogen functional groups attached to an aromatic ring is 1. The van der Waals surface area contributed by atoms with Gasteiger partial charge < -0.3 is 35.4 Å². The molecule has 0 bridgehead atoms. The second-order valence-electron chi connectivity index (χ2n) is 10.0. The first-order valence-electron chi connectivity index (χ1n) is 13.1. The molecule has 39 heavy (non-hydrogen) atoms.